The van der Waals surface area contributed by atoms with Crippen LogP contribution in [0.2, 0.25) is 0 Å². The van der Waals surface area contributed by atoms with Crippen LogP contribution in [0.3, 0.4) is 0 Å². The molecule has 1 N–H and O–H groups in total. The van der Waals surface area contributed by atoms with Crippen LogP contribution in [0.1, 0.15) is 38.8 Å². The van der Waals surface area contributed by atoms with Gasteiger partial charge in [-0.2, -0.15) is 0 Å². The number of nitrogens with zero attached hydrogens (tertiary/aromatic N) is 4. The minimum Gasteiger partial charge on any atom is -0.497 e. The highest BCUT2D eigenvalue weighted by molar-refractivity contribution is 5.93. The Morgan fingerprint density at radius 1 is 1.23 bits per heavy atom. The number of aryl methyl sites for hydroxylation is 1. The largest absolute Gasteiger partial charge is 0.497 e. The van der Waals surface area contributed by atoms with Crippen molar-refractivity contribution in [3.8, 4) is 5.75 Å². The summed E-state index contributed by atoms with van der Waals surface area (Å²) >= 11 is 0. The van der Waals surface area contributed by atoms with Gasteiger partial charge in [-0.1, -0.05) is 12.1 Å². The Morgan fingerprint density at radius 2 is 2.04 bits per heavy atom. The number of ether oxygens (including phenoxy) is 1. The maximum Gasteiger partial charge on any atom is 0.274 e. The van der Waals surface area contributed by atoms with Crippen molar-refractivity contribution >= 4 is 5.91 Å². The van der Waals surface area contributed by atoms with E-state index in [-0.39, 0.29) is 5.91 Å². The van der Waals surface area contributed by atoms with Crippen molar-refractivity contribution in [3.63, 3.8) is 0 Å². The summed E-state index contributed by atoms with van der Waals surface area (Å²) in [6, 6.07) is 7.86. The Balaban J connectivity index is 1.49. The fraction of sp³-hybridized carbons (Fsp3) is 0.263. The molecule has 0 saturated heterocycles. The van der Waals surface area contributed by atoms with Gasteiger partial charge in [-0.15, -0.1) is 0 Å². The maximum absolute atomic E-state index is 12.6. The van der Waals surface area contributed by atoms with Gasteiger partial charge >= 0.3 is 0 Å². The lowest BCUT2D eigenvalue weighted by Crippen LogP contribution is -2.26. The van der Waals surface area contributed by atoms with Crippen LogP contribution in [0.5, 0.6) is 5.75 Å². The fourth-order valence-electron chi connectivity index (χ4n) is 3.07. The molecule has 1 aliphatic rings. The molecule has 1 aromatic carbocycles. The van der Waals surface area contributed by atoms with Crippen LogP contribution in [0.25, 0.3) is 0 Å². The Kier molecular flexibility index (Phi) is 4.12. The average Bonchev–Trinajstić information content (AvgIpc) is 3.27. The molecule has 2 aromatic heterocycles. The van der Waals surface area contributed by atoms with E-state index in [4.69, 9.17) is 4.74 Å². The summed E-state index contributed by atoms with van der Waals surface area (Å²) in [7, 11) is 1.65. The first kappa shape index (κ1) is 16.3. The molecule has 0 unspecified atom stereocenters. The minimum atomic E-state index is -0.0848. The second-order valence-corrected chi connectivity index (χ2v) is 6.32. The smallest absolute Gasteiger partial charge is 0.274 e. The summed E-state index contributed by atoms with van der Waals surface area (Å²) in [6.07, 6.45) is 4.01. The number of hydrogen-bond acceptors (Lipinski definition) is 5. The number of rotatable bonds is 4. The summed E-state index contributed by atoms with van der Waals surface area (Å²) in [5.74, 6) is 1.49. The first-order valence-electron chi connectivity index (χ1n) is 8.40. The number of benzene rings is 1. The van der Waals surface area contributed by atoms with Crippen molar-refractivity contribution in [3.05, 3.63) is 70.8 Å². The number of fused-ring (bicyclic) bond motifs is 1. The molecular weight excluding hydrogens is 330 g/mol. The van der Waals surface area contributed by atoms with E-state index in [1.54, 1.807) is 18.3 Å². The van der Waals surface area contributed by atoms with Gasteiger partial charge < -0.3 is 14.6 Å². The van der Waals surface area contributed by atoms with E-state index in [1.807, 2.05) is 37.4 Å². The molecule has 7 nitrogen and oxygen atoms in total. The average molecular weight is 349 g/mol. The van der Waals surface area contributed by atoms with Gasteiger partial charge in [0.25, 0.3) is 5.91 Å². The molecule has 0 bridgehead atoms. The first-order chi connectivity index (χ1) is 12.6. The number of hydrogen-bond donors (Lipinski definition) is 1. The second kappa shape index (κ2) is 6.59. The summed E-state index contributed by atoms with van der Waals surface area (Å²) in [4.78, 5) is 30.6. The van der Waals surface area contributed by atoms with E-state index in [0.717, 1.165) is 34.1 Å². The summed E-state index contributed by atoms with van der Waals surface area (Å²) in [5.41, 5.74) is 4.25. The van der Waals surface area contributed by atoms with Crippen LogP contribution >= 0.6 is 0 Å². The second-order valence-electron chi connectivity index (χ2n) is 6.32. The number of aromatic amines is 1. The van der Waals surface area contributed by atoms with Crippen LogP contribution in [-0.4, -0.2) is 37.9 Å². The van der Waals surface area contributed by atoms with E-state index in [2.05, 4.69) is 19.9 Å². The van der Waals surface area contributed by atoms with Crippen LogP contribution < -0.4 is 4.74 Å². The monoisotopic (exact) mass is 349 g/mol. The normalized spacial score (nSPS) is 12.9. The molecule has 0 spiro atoms. The lowest BCUT2D eigenvalue weighted by atomic mass is 10.1. The van der Waals surface area contributed by atoms with Gasteiger partial charge in [0.1, 0.15) is 17.3 Å². The molecule has 7 heteroatoms. The molecule has 1 aliphatic heterocycles. The van der Waals surface area contributed by atoms with Gasteiger partial charge in [-0.3, -0.25) is 4.79 Å². The van der Waals surface area contributed by atoms with Gasteiger partial charge in [0, 0.05) is 30.4 Å². The first-order valence-corrected chi connectivity index (χ1v) is 8.40. The number of carbonyl (C=O) groups is 1. The van der Waals surface area contributed by atoms with Gasteiger partial charge in [0.2, 0.25) is 0 Å². The number of carbonyl (C=O) groups excluding carboxylic acids is 1. The van der Waals surface area contributed by atoms with E-state index >= 15 is 0 Å². The van der Waals surface area contributed by atoms with Gasteiger partial charge in [0.05, 0.1) is 25.7 Å². The lowest BCUT2D eigenvalue weighted by Gasteiger charge is -2.13. The van der Waals surface area contributed by atoms with Crippen molar-refractivity contribution in [2.75, 3.05) is 7.11 Å². The third kappa shape index (κ3) is 3.03. The Morgan fingerprint density at radius 3 is 2.73 bits per heavy atom. The topological polar surface area (TPSA) is 84.0 Å². The highest BCUT2D eigenvalue weighted by Gasteiger charge is 2.28. The Bertz CT molecular complexity index is 949. The number of methoxy groups -OCH3 is 1. The maximum atomic E-state index is 12.6. The fourth-order valence-corrected chi connectivity index (χ4v) is 3.07. The molecule has 0 radical (unpaired) electrons. The van der Waals surface area contributed by atoms with Gasteiger partial charge in [-0.25, -0.2) is 15.0 Å². The highest BCUT2D eigenvalue weighted by Crippen LogP contribution is 2.23. The quantitative estimate of drug-likeness (QED) is 0.781. The summed E-state index contributed by atoms with van der Waals surface area (Å²) < 4.78 is 5.18. The Labute approximate surface area is 151 Å². The molecule has 0 saturated carbocycles. The van der Waals surface area contributed by atoms with E-state index in [9.17, 15) is 4.79 Å². The molecule has 1 amide bonds. The number of aromatic nitrogens is 4. The zero-order chi connectivity index (χ0) is 18.1. The number of nitrogens with one attached hydrogen (secondary N) is 1. The number of H-pyrrole nitrogens is 1. The molecule has 0 atom stereocenters. The molecule has 132 valence electrons. The summed E-state index contributed by atoms with van der Waals surface area (Å²) in [5, 5.41) is 0. The van der Waals surface area contributed by atoms with Crippen LogP contribution in [0.15, 0.2) is 36.8 Å². The van der Waals surface area contributed by atoms with Crippen molar-refractivity contribution in [2.24, 2.45) is 0 Å². The molecule has 0 aliphatic carbocycles. The Hall–Kier alpha value is -3.22. The molecule has 26 heavy (non-hydrogen) atoms. The molecule has 4 rings (SSSR count). The molecular formula is C19H19N5O2. The molecule has 3 heterocycles. The zero-order valence-electron chi connectivity index (χ0n) is 14.7. The minimum absolute atomic E-state index is 0.0848. The van der Waals surface area contributed by atoms with Crippen molar-refractivity contribution in [1.82, 2.24) is 24.8 Å². The van der Waals surface area contributed by atoms with Crippen molar-refractivity contribution < 1.29 is 9.53 Å². The van der Waals surface area contributed by atoms with Gasteiger partial charge in [0.15, 0.2) is 0 Å². The van der Waals surface area contributed by atoms with E-state index in [0.29, 0.717) is 25.2 Å². The standard InChI is InChI=1S/C19H19N5O2/c1-12-18(22-11-21-12)19(25)24-9-14-8-20-17(23-16(14)10-24)7-13-3-5-15(26-2)6-4-13/h3-6,8,11H,7,9-10H2,1-2H3,(H,21,22). The zero-order valence-corrected chi connectivity index (χ0v) is 14.7. The third-order valence-corrected chi connectivity index (χ3v) is 4.55. The SMILES string of the molecule is COc1ccc(Cc2ncc3c(n2)CN(C(=O)c2nc[nH]c2C)C3)cc1. The number of amides is 1. The lowest BCUT2D eigenvalue weighted by molar-refractivity contribution is 0.0744. The highest BCUT2D eigenvalue weighted by atomic mass is 16.5. The van der Waals surface area contributed by atoms with Crippen LogP contribution in [0, 0.1) is 6.92 Å². The van der Waals surface area contributed by atoms with E-state index in [1.165, 1.54) is 0 Å². The van der Waals surface area contributed by atoms with Crippen LogP contribution in [0.4, 0.5) is 0 Å². The van der Waals surface area contributed by atoms with Crippen LogP contribution in [-0.2, 0) is 19.5 Å². The van der Waals surface area contributed by atoms with Crippen molar-refractivity contribution in [2.45, 2.75) is 26.4 Å². The van der Waals surface area contributed by atoms with Crippen molar-refractivity contribution in [1.29, 1.82) is 0 Å². The van der Waals surface area contributed by atoms with E-state index < -0.39 is 0 Å². The molecule has 3 aromatic rings. The predicted octanol–water partition coefficient (Wildman–Crippen LogP) is 2.26. The summed E-state index contributed by atoms with van der Waals surface area (Å²) in [6.45, 7) is 2.85. The van der Waals surface area contributed by atoms with Gasteiger partial charge in [-0.05, 0) is 24.6 Å². The third-order valence-electron chi connectivity index (χ3n) is 4.55. The predicted molar refractivity (Wildman–Crippen MR) is 94.7 cm³/mol. The number of imidazole rings is 1. The molecule has 0 fully saturated rings.